The van der Waals surface area contributed by atoms with Gasteiger partial charge in [-0.3, -0.25) is 9.59 Å². The predicted octanol–water partition coefficient (Wildman–Crippen LogP) is 3.52. The number of aliphatic carboxylic acids is 1. The highest BCUT2D eigenvalue weighted by Crippen LogP contribution is 2.73. The second-order valence-corrected chi connectivity index (χ2v) is 12.4. The zero-order valence-electron chi connectivity index (χ0n) is 23.1. The third-order valence-electron chi connectivity index (χ3n) is 8.10. The van der Waals surface area contributed by atoms with Crippen molar-refractivity contribution in [2.75, 3.05) is 31.1 Å². The molecule has 3 aliphatic carbocycles. The number of anilines is 1. The highest BCUT2D eigenvalue weighted by atomic mass is 32.1. The molecule has 43 heavy (non-hydrogen) atoms. The Morgan fingerprint density at radius 2 is 1.72 bits per heavy atom. The maximum atomic E-state index is 13.7. The van der Waals surface area contributed by atoms with Crippen LogP contribution in [0.5, 0.6) is 0 Å². The number of amides is 1. The molecule has 234 valence electrons. The Kier molecular flexibility index (Phi) is 7.64. The minimum absolute atomic E-state index is 0.0677. The van der Waals surface area contributed by atoms with Gasteiger partial charge in [0.25, 0.3) is 0 Å². The minimum atomic E-state index is -5.08. The van der Waals surface area contributed by atoms with Crippen LogP contribution in [0.1, 0.15) is 36.8 Å². The van der Waals surface area contributed by atoms with Crippen LogP contribution in [0, 0.1) is 12.3 Å². The van der Waals surface area contributed by atoms with Gasteiger partial charge in [0, 0.05) is 42.3 Å². The standard InChI is InChI=1S/C24H27F3N6O2S.C2HF3O2/c1-3-15-18(32-6-4-28-5-7-32)19(35)17-20(30-21-14(29-17)8-13(2)36-21)33(15)9-16(34)31-23-10-22(11-23,12-23)24(25,26)27;3-2(4,5)1(6)7/h8,28H,3-7,9-12H2,1-2H3,(H,31,34);(H,6,7). The average Bonchev–Trinajstić information content (AvgIpc) is 3.24. The van der Waals surface area contributed by atoms with Crippen molar-refractivity contribution in [2.45, 2.75) is 64.0 Å². The van der Waals surface area contributed by atoms with Crippen LogP contribution in [0.4, 0.5) is 32.0 Å². The van der Waals surface area contributed by atoms with E-state index in [1.54, 1.807) is 4.57 Å². The molecule has 0 spiro atoms. The van der Waals surface area contributed by atoms with E-state index in [-0.39, 0.29) is 42.7 Å². The molecular formula is C26H28F6N6O4S. The van der Waals surface area contributed by atoms with Gasteiger partial charge in [-0.1, -0.05) is 6.92 Å². The van der Waals surface area contributed by atoms with Gasteiger partial charge in [-0.25, -0.2) is 14.8 Å². The summed E-state index contributed by atoms with van der Waals surface area (Å²) < 4.78 is 73.3. The number of carboxylic acids is 1. The van der Waals surface area contributed by atoms with E-state index in [0.29, 0.717) is 46.9 Å². The molecule has 3 aromatic rings. The topological polar surface area (TPSA) is 129 Å². The highest BCUT2D eigenvalue weighted by molar-refractivity contribution is 7.18. The summed E-state index contributed by atoms with van der Waals surface area (Å²) in [6.07, 6.45) is -9.03. The lowest BCUT2D eigenvalue weighted by Gasteiger charge is -2.70. The Morgan fingerprint density at radius 3 is 2.26 bits per heavy atom. The maximum Gasteiger partial charge on any atom is 0.490 e. The monoisotopic (exact) mass is 634 g/mol. The highest BCUT2D eigenvalue weighted by Gasteiger charge is 2.78. The Balaban J connectivity index is 0.000000472. The van der Waals surface area contributed by atoms with Crippen molar-refractivity contribution in [3.8, 4) is 0 Å². The second-order valence-electron chi connectivity index (χ2n) is 11.2. The number of aryl methyl sites for hydroxylation is 1. The molecule has 0 atom stereocenters. The molecule has 4 heterocycles. The van der Waals surface area contributed by atoms with Crippen LogP contribution in [0.2, 0.25) is 0 Å². The van der Waals surface area contributed by atoms with E-state index in [2.05, 4.69) is 15.6 Å². The molecule has 0 aromatic carbocycles. The summed E-state index contributed by atoms with van der Waals surface area (Å²) in [5.41, 5.74) is -0.214. The van der Waals surface area contributed by atoms with E-state index >= 15 is 0 Å². The molecule has 3 saturated carbocycles. The van der Waals surface area contributed by atoms with Crippen LogP contribution in [0.15, 0.2) is 10.9 Å². The summed E-state index contributed by atoms with van der Waals surface area (Å²) in [6.45, 7) is 6.50. The maximum absolute atomic E-state index is 13.7. The first-order valence-electron chi connectivity index (χ1n) is 13.5. The Hall–Kier alpha value is -3.47. The number of thiophene rings is 1. The number of carboxylic acid groups (broad SMARTS) is 1. The molecule has 3 N–H and O–H groups in total. The first-order chi connectivity index (χ1) is 20.0. The van der Waals surface area contributed by atoms with Crippen molar-refractivity contribution in [1.82, 2.24) is 25.2 Å². The molecule has 10 nitrogen and oxygen atoms in total. The van der Waals surface area contributed by atoms with Gasteiger partial charge in [0.15, 0.2) is 11.2 Å². The van der Waals surface area contributed by atoms with E-state index < -0.39 is 29.3 Å². The van der Waals surface area contributed by atoms with Crippen LogP contribution in [0.25, 0.3) is 21.5 Å². The van der Waals surface area contributed by atoms with Crippen LogP contribution in [0.3, 0.4) is 0 Å². The quantitative estimate of drug-likeness (QED) is 0.364. The smallest absolute Gasteiger partial charge is 0.475 e. The number of carbonyl (C=O) groups excluding carboxylic acids is 1. The van der Waals surface area contributed by atoms with Gasteiger partial charge < -0.3 is 25.2 Å². The van der Waals surface area contributed by atoms with E-state index in [1.165, 1.54) is 11.3 Å². The number of rotatable bonds is 5. The summed E-state index contributed by atoms with van der Waals surface area (Å²) in [5.74, 6) is -3.13. The molecule has 7 rings (SSSR count). The second kappa shape index (κ2) is 10.6. The number of piperazine rings is 1. The van der Waals surface area contributed by atoms with E-state index in [4.69, 9.17) is 14.9 Å². The van der Waals surface area contributed by atoms with Gasteiger partial charge in [-0.15, -0.1) is 11.3 Å². The number of hydrogen-bond acceptors (Lipinski definition) is 8. The molecule has 3 aromatic heterocycles. The number of fused-ring (bicyclic) bond motifs is 2. The first-order valence-corrected chi connectivity index (χ1v) is 14.3. The zero-order valence-corrected chi connectivity index (χ0v) is 23.9. The number of pyridine rings is 1. The van der Waals surface area contributed by atoms with Crippen molar-refractivity contribution in [3.63, 3.8) is 0 Å². The lowest BCUT2D eigenvalue weighted by Crippen LogP contribution is -2.78. The molecule has 1 saturated heterocycles. The number of carbonyl (C=O) groups is 2. The van der Waals surface area contributed by atoms with Gasteiger partial charge in [0.05, 0.1) is 5.41 Å². The van der Waals surface area contributed by atoms with Gasteiger partial charge in [-0.05, 0) is 38.7 Å². The number of alkyl halides is 6. The number of nitrogens with zero attached hydrogens (tertiary/aromatic N) is 4. The van der Waals surface area contributed by atoms with Gasteiger partial charge >= 0.3 is 18.3 Å². The zero-order chi connectivity index (χ0) is 31.5. The number of hydrogen-bond donors (Lipinski definition) is 3. The summed E-state index contributed by atoms with van der Waals surface area (Å²) in [6, 6.07) is 1.89. The van der Waals surface area contributed by atoms with Gasteiger partial charge in [-0.2, -0.15) is 26.3 Å². The largest absolute Gasteiger partial charge is 0.490 e. The van der Waals surface area contributed by atoms with Crippen LogP contribution in [-0.2, 0) is 22.6 Å². The van der Waals surface area contributed by atoms with E-state index in [1.807, 2.05) is 24.8 Å². The summed E-state index contributed by atoms with van der Waals surface area (Å²) in [4.78, 5) is 49.0. The fraction of sp³-hybridized carbons (Fsp3) is 0.577. The number of aromatic nitrogens is 3. The molecule has 0 radical (unpaired) electrons. The fourth-order valence-electron chi connectivity index (χ4n) is 6.25. The molecule has 0 unspecified atom stereocenters. The van der Waals surface area contributed by atoms with Crippen LogP contribution >= 0.6 is 11.3 Å². The normalized spacial score (nSPS) is 23.3. The Morgan fingerprint density at radius 1 is 1.12 bits per heavy atom. The van der Waals surface area contributed by atoms with Crippen molar-refractivity contribution in [2.24, 2.45) is 5.41 Å². The first kappa shape index (κ1) is 31.0. The average molecular weight is 635 g/mol. The minimum Gasteiger partial charge on any atom is -0.475 e. The Labute approximate surface area is 244 Å². The summed E-state index contributed by atoms with van der Waals surface area (Å²) in [7, 11) is 0. The molecule has 1 aliphatic heterocycles. The predicted molar refractivity (Wildman–Crippen MR) is 145 cm³/mol. The molecule has 4 aliphatic rings. The van der Waals surface area contributed by atoms with Gasteiger partial charge in [0.2, 0.25) is 11.3 Å². The Bertz CT molecular complexity index is 1640. The summed E-state index contributed by atoms with van der Waals surface area (Å²) >= 11 is 1.46. The lowest BCUT2D eigenvalue weighted by atomic mass is 9.39. The molecule has 2 bridgehead atoms. The van der Waals surface area contributed by atoms with Gasteiger partial charge in [0.1, 0.15) is 22.6 Å². The van der Waals surface area contributed by atoms with Crippen molar-refractivity contribution < 1.29 is 41.0 Å². The van der Waals surface area contributed by atoms with Crippen LogP contribution in [-0.4, -0.2) is 75.6 Å². The van der Waals surface area contributed by atoms with Crippen molar-refractivity contribution in [3.05, 3.63) is 26.9 Å². The fourth-order valence-corrected chi connectivity index (χ4v) is 7.07. The molecule has 4 fully saturated rings. The SMILES string of the molecule is CCc1c(N2CCNCC2)c(=O)c2nc3cc(C)sc3nc2n1CC(=O)NC12CC(C(F)(F)F)(C1)C2.O=C(O)C(F)(F)F. The van der Waals surface area contributed by atoms with E-state index in [9.17, 15) is 35.9 Å². The molecule has 1 amide bonds. The summed E-state index contributed by atoms with van der Waals surface area (Å²) in [5, 5.41) is 13.3. The number of halogens is 6. The van der Waals surface area contributed by atoms with Crippen LogP contribution < -0.4 is 21.0 Å². The third kappa shape index (κ3) is 5.52. The lowest BCUT2D eigenvalue weighted by molar-refractivity contribution is -0.337. The molecular weight excluding hydrogens is 606 g/mol. The third-order valence-corrected chi connectivity index (χ3v) is 9.04. The van der Waals surface area contributed by atoms with Crippen molar-refractivity contribution in [1.29, 1.82) is 0 Å². The number of nitrogens with one attached hydrogen (secondary N) is 2. The van der Waals surface area contributed by atoms with E-state index in [0.717, 1.165) is 18.0 Å². The van der Waals surface area contributed by atoms with Crippen molar-refractivity contribution >= 4 is 50.4 Å². The molecule has 17 heteroatoms.